The fourth-order valence-corrected chi connectivity index (χ4v) is 0.553. The minimum absolute atomic E-state index is 0.0159. The summed E-state index contributed by atoms with van der Waals surface area (Å²) in [6.45, 7) is 0.528. The molecule has 0 aliphatic carbocycles. The van der Waals surface area contributed by atoms with Crippen molar-refractivity contribution in [2.45, 2.75) is 6.10 Å². The van der Waals surface area contributed by atoms with Gasteiger partial charge in [0.15, 0.2) is 0 Å². The molecule has 0 saturated heterocycles. The topological polar surface area (TPSA) is 127 Å². The van der Waals surface area contributed by atoms with Crippen molar-refractivity contribution in [1.82, 2.24) is 0 Å². The average molecular weight is 186 g/mol. The Hall–Kier alpha value is -1.46. The smallest absolute Gasteiger partial charge is 0.0829 e. The van der Waals surface area contributed by atoms with Crippen molar-refractivity contribution in [2.24, 2.45) is 10.2 Å². The van der Waals surface area contributed by atoms with Gasteiger partial charge in [-0.25, -0.2) is 0 Å². The van der Waals surface area contributed by atoms with Gasteiger partial charge in [0, 0.05) is 16.4 Å². The molecule has 0 aliphatic heterocycles. The van der Waals surface area contributed by atoms with Crippen LogP contribution in [0.2, 0.25) is 0 Å². The Morgan fingerprint density at radius 1 is 1.31 bits per heavy atom. The van der Waals surface area contributed by atoms with E-state index in [1.165, 1.54) is 0 Å². The van der Waals surface area contributed by atoms with Gasteiger partial charge in [0.1, 0.15) is 0 Å². The molecule has 8 heteroatoms. The van der Waals surface area contributed by atoms with Crippen molar-refractivity contribution in [3.63, 3.8) is 0 Å². The molecular weight excluding hydrogens is 176 g/mol. The third kappa shape index (κ3) is 8.45. The van der Waals surface area contributed by atoms with Crippen molar-refractivity contribution in [3.8, 4) is 0 Å². The first kappa shape index (κ1) is 11.5. The van der Waals surface area contributed by atoms with Crippen molar-refractivity contribution >= 4 is 0 Å². The number of hydrogen-bond acceptors (Lipinski definition) is 4. The van der Waals surface area contributed by atoms with Crippen LogP contribution in [0.5, 0.6) is 0 Å². The van der Waals surface area contributed by atoms with Crippen LogP contribution in [0.4, 0.5) is 0 Å². The second-order valence-electron chi connectivity index (χ2n) is 2.10. The number of aliphatic hydroxyl groups is 1. The maximum atomic E-state index is 9.04. The molecule has 0 aromatic carbocycles. The van der Waals surface area contributed by atoms with Gasteiger partial charge in [0.2, 0.25) is 0 Å². The molecule has 72 valence electrons. The molecule has 1 atom stereocenters. The quantitative estimate of drug-likeness (QED) is 0.275. The van der Waals surface area contributed by atoms with E-state index in [0.717, 1.165) is 0 Å². The number of hydrogen-bond donors (Lipinski definition) is 1. The van der Waals surface area contributed by atoms with E-state index in [0.29, 0.717) is 0 Å². The van der Waals surface area contributed by atoms with Crippen molar-refractivity contribution in [3.05, 3.63) is 20.9 Å². The van der Waals surface area contributed by atoms with Gasteiger partial charge in [0.25, 0.3) is 0 Å². The number of azide groups is 2. The molecule has 0 aromatic rings. The van der Waals surface area contributed by atoms with E-state index in [-0.39, 0.29) is 26.3 Å². The number of ether oxygens (including phenoxy) is 1. The van der Waals surface area contributed by atoms with Gasteiger partial charge < -0.3 is 9.84 Å². The van der Waals surface area contributed by atoms with Crippen LogP contribution in [0.3, 0.4) is 0 Å². The van der Waals surface area contributed by atoms with E-state index in [4.69, 9.17) is 20.9 Å². The Morgan fingerprint density at radius 3 is 2.62 bits per heavy atom. The van der Waals surface area contributed by atoms with Gasteiger partial charge in [-0.15, -0.1) is 0 Å². The minimum Gasteiger partial charge on any atom is -0.391 e. The van der Waals surface area contributed by atoms with Gasteiger partial charge in [0.05, 0.1) is 25.9 Å². The summed E-state index contributed by atoms with van der Waals surface area (Å²) in [6, 6.07) is 0. The molecule has 0 aromatic heterocycles. The molecule has 0 rings (SSSR count). The number of aliphatic hydroxyl groups excluding tert-OH is 1. The highest BCUT2D eigenvalue weighted by Crippen LogP contribution is 1.87. The van der Waals surface area contributed by atoms with E-state index < -0.39 is 6.10 Å². The van der Waals surface area contributed by atoms with Crippen LogP contribution in [0.1, 0.15) is 0 Å². The van der Waals surface area contributed by atoms with Crippen LogP contribution in [0.15, 0.2) is 10.2 Å². The molecule has 0 aliphatic rings. The SMILES string of the molecule is [N-]=[N+]=NCCOCC(O)CN=[N+]=[N-]. The minimum atomic E-state index is -0.804. The molecule has 0 amide bonds. The Balaban J connectivity index is 3.30. The van der Waals surface area contributed by atoms with Crippen LogP contribution in [0, 0.1) is 0 Å². The van der Waals surface area contributed by atoms with Gasteiger partial charge >= 0.3 is 0 Å². The molecule has 8 nitrogen and oxygen atoms in total. The molecule has 0 spiro atoms. The van der Waals surface area contributed by atoms with E-state index in [9.17, 15) is 0 Å². The highest BCUT2D eigenvalue weighted by molar-refractivity contribution is 4.58. The third-order valence-electron chi connectivity index (χ3n) is 1.06. The van der Waals surface area contributed by atoms with Gasteiger partial charge in [-0.05, 0) is 11.1 Å². The summed E-state index contributed by atoms with van der Waals surface area (Å²) in [5.74, 6) is 0. The molecule has 0 fully saturated rings. The fourth-order valence-electron chi connectivity index (χ4n) is 0.553. The van der Waals surface area contributed by atoms with Crippen LogP contribution < -0.4 is 0 Å². The lowest BCUT2D eigenvalue weighted by atomic mass is 10.4. The normalized spacial score (nSPS) is 11.2. The van der Waals surface area contributed by atoms with Crippen LogP contribution in [0.25, 0.3) is 20.9 Å². The molecule has 0 saturated carbocycles. The summed E-state index contributed by atoms with van der Waals surface area (Å²) in [4.78, 5) is 4.99. The van der Waals surface area contributed by atoms with Crippen molar-refractivity contribution in [1.29, 1.82) is 0 Å². The maximum Gasteiger partial charge on any atom is 0.0829 e. The molecule has 1 N–H and O–H groups in total. The Bertz CT molecular complexity index is 219. The number of nitrogens with zero attached hydrogens (tertiary/aromatic N) is 6. The molecule has 0 bridgehead atoms. The van der Waals surface area contributed by atoms with E-state index in [2.05, 4.69) is 20.1 Å². The lowest BCUT2D eigenvalue weighted by Crippen LogP contribution is -2.19. The zero-order chi connectivity index (χ0) is 9.94. The second-order valence-corrected chi connectivity index (χ2v) is 2.10. The molecule has 1 unspecified atom stereocenters. The van der Waals surface area contributed by atoms with Crippen molar-refractivity contribution in [2.75, 3.05) is 26.3 Å². The van der Waals surface area contributed by atoms with Crippen LogP contribution >= 0.6 is 0 Å². The summed E-state index contributed by atoms with van der Waals surface area (Å²) >= 11 is 0. The lowest BCUT2D eigenvalue weighted by Gasteiger charge is -2.06. The highest BCUT2D eigenvalue weighted by Gasteiger charge is 2.00. The predicted octanol–water partition coefficient (Wildman–Crippen LogP) is 0.984. The maximum absolute atomic E-state index is 9.04. The van der Waals surface area contributed by atoms with Gasteiger partial charge in [-0.1, -0.05) is 10.2 Å². The van der Waals surface area contributed by atoms with Crippen LogP contribution in [-0.2, 0) is 4.74 Å². The van der Waals surface area contributed by atoms with Gasteiger partial charge in [-0.3, -0.25) is 0 Å². The average Bonchev–Trinajstić information content (AvgIpc) is 2.14. The number of rotatable bonds is 7. The third-order valence-corrected chi connectivity index (χ3v) is 1.06. The molecule has 0 radical (unpaired) electrons. The summed E-state index contributed by atoms with van der Waals surface area (Å²) in [5.41, 5.74) is 15.8. The monoisotopic (exact) mass is 186 g/mol. The first-order chi connectivity index (χ1) is 6.31. The van der Waals surface area contributed by atoms with Crippen molar-refractivity contribution < 1.29 is 9.84 Å². The predicted molar refractivity (Wildman–Crippen MR) is 44.9 cm³/mol. The summed E-state index contributed by atoms with van der Waals surface area (Å²) in [6.07, 6.45) is -0.804. The van der Waals surface area contributed by atoms with Crippen LogP contribution in [-0.4, -0.2) is 37.5 Å². The Morgan fingerprint density at radius 2 is 2.00 bits per heavy atom. The Kier molecular flexibility index (Phi) is 7.67. The zero-order valence-corrected chi connectivity index (χ0v) is 6.94. The highest BCUT2D eigenvalue weighted by atomic mass is 16.5. The van der Waals surface area contributed by atoms with E-state index in [1.807, 2.05) is 0 Å². The molecular formula is C5H10N6O2. The molecule has 0 heterocycles. The summed E-state index contributed by atoms with van der Waals surface area (Å²) < 4.78 is 4.90. The Labute approximate surface area is 74.4 Å². The second kappa shape index (κ2) is 8.63. The molecule has 13 heavy (non-hydrogen) atoms. The standard InChI is InChI=1S/C5H10N6O2/c6-10-8-1-2-13-4-5(12)3-9-11-7/h5,12H,1-4H2. The fraction of sp³-hybridized carbons (Fsp3) is 1.00. The first-order valence-corrected chi connectivity index (χ1v) is 3.58. The largest absolute Gasteiger partial charge is 0.391 e. The van der Waals surface area contributed by atoms with Gasteiger partial charge in [-0.2, -0.15) is 0 Å². The lowest BCUT2D eigenvalue weighted by molar-refractivity contribution is 0.0450. The van der Waals surface area contributed by atoms with E-state index >= 15 is 0 Å². The summed E-state index contributed by atoms with van der Waals surface area (Å²) in [7, 11) is 0. The summed E-state index contributed by atoms with van der Waals surface area (Å²) in [5, 5.41) is 15.4. The zero-order valence-electron chi connectivity index (χ0n) is 6.94. The van der Waals surface area contributed by atoms with E-state index in [1.54, 1.807) is 0 Å². The first-order valence-electron chi connectivity index (χ1n) is 3.58.